The van der Waals surface area contributed by atoms with E-state index in [9.17, 15) is 15.0 Å². The molecule has 0 amide bonds. The van der Waals surface area contributed by atoms with Crippen molar-refractivity contribution in [2.75, 3.05) is 19.6 Å². The van der Waals surface area contributed by atoms with E-state index in [0.29, 0.717) is 23.8 Å². The van der Waals surface area contributed by atoms with Crippen LogP contribution in [-0.4, -0.2) is 45.7 Å². The van der Waals surface area contributed by atoms with E-state index in [1.807, 2.05) is 36.4 Å². The van der Waals surface area contributed by atoms with Crippen LogP contribution in [0.25, 0.3) is 5.57 Å². The summed E-state index contributed by atoms with van der Waals surface area (Å²) >= 11 is 6.07. The number of rotatable bonds is 5. The summed E-state index contributed by atoms with van der Waals surface area (Å²) in [5, 5.41) is 21.9. The van der Waals surface area contributed by atoms with Crippen LogP contribution in [0.5, 0.6) is 5.75 Å². The molecule has 1 saturated heterocycles. The smallest absolute Gasteiger partial charge is 0.335 e. The zero-order valence-electron chi connectivity index (χ0n) is 21.1. The van der Waals surface area contributed by atoms with Crippen LogP contribution in [0.2, 0.25) is 5.02 Å². The van der Waals surface area contributed by atoms with Crippen molar-refractivity contribution in [1.82, 2.24) is 9.88 Å². The number of carbonyl (C=O) groups is 1. The van der Waals surface area contributed by atoms with Crippen molar-refractivity contribution in [3.8, 4) is 5.75 Å². The Labute approximate surface area is 222 Å². The van der Waals surface area contributed by atoms with Gasteiger partial charge in [0.1, 0.15) is 12.4 Å². The van der Waals surface area contributed by atoms with Gasteiger partial charge in [0.25, 0.3) is 0 Å². The standard InChI is InChI=1S/C30H31ClN2O4/c1-29(2)19-33(16-13-30(29,36)21-8-10-22(31)11-9-21)15-4-6-23-24-5-3-14-32-26(24)18-37-27-12-7-20(28(34)35)17-25(23)27/h3,5-12,14,17,36H,4,13,15-16,18-19H2,1-2H3,(H,34,35)/t30-/m1/s1. The third kappa shape index (κ3) is 4.89. The number of nitrogens with zero attached hydrogens (tertiary/aromatic N) is 2. The lowest BCUT2D eigenvalue weighted by Gasteiger charge is -2.50. The largest absolute Gasteiger partial charge is 0.487 e. The monoisotopic (exact) mass is 518 g/mol. The molecular formula is C30H31ClN2O4. The van der Waals surface area contributed by atoms with E-state index in [-0.39, 0.29) is 11.0 Å². The normalized spacial score (nSPS) is 22.0. The number of ether oxygens (including phenoxy) is 1. The van der Waals surface area contributed by atoms with Crippen LogP contribution in [-0.2, 0) is 12.2 Å². The van der Waals surface area contributed by atoms with E-state index >= 15 is 0 Å². The topological polar surface area (TPSA) is 82.9 Å². The minimum absolute atomic E-state index is 0.222. The molecule has 192 valence electrons. The van der Waals surface area contributed by atoms with Gasteiger partial charge >= 0.3 is 5.97 Å². The summed E-state index contributed by atoms with van der Waals surface area (Å²) in [6.07, 6.45) is 5.29. The Bertz CT molecular complexity index is 1350. The number of carboxylic acid groups (broad SMARTS) is 1. The van der Waals surface area contributed by atoms with E-state index in [4.69, 9.17) is 16.3 Å². The van der Waals surface area contributed by atoms with Gasteiger partial charge in [-0.25, -0.2) is 4.79 Å². The highest BCUT2D eigenvalue weighted by atomic mass is 35.5. The van der Waals surface area contributed by atoms with Crippen LogP contribution >= 0.6 is 11.6 Å². The summed E-state index contributed by atoms with van der Waals surface area (Å²) in [6.45, 7) is 6.88. The summed E-state index contributed by atoms with van der Waals surface area (Å²) in [7, 11) is 0. The number of aromatic nitrogens is 1. The Balaban J connectivity index is 1.38. The first-order chi connectivity index (χ1) is 17.7. The van der Waals surface area contributed by atoms with E-state index in [2.05, 4.69) is 29.8 Å². The zero-order chi connectivity index (χ0) is 26.2. The van der Waals surface area contributed by atoms with Crippen molar-refractivity contribution in [1.29, 1.82) is 0 Å². The first-order valence-electron chi connectivity index (χ1n) is 12.5. The number of hydrogen-bond donors (Lipinski definition) is 2. The molecule has 1 fully saturated rings. The fourth-order valence-electron chi connectivity index (χ4n) is 5.58. The number of piperidine rings is 1. The van der Waals surface area contributed by atoms with Gasteiger partial charge < -0.3 is 19.8 Å². The molecule has 2 N–H and O–H groups in total. The van der Waals surface area contributed by atoms with Gasteiger partial charge in [-0.2, -0.15) is 0 Å². The van der Waals surface area contributed by atoms with Crippen LogP contribution in [0.3, 0.4) is 0 Å². The molecule has 3 aromatic rings. The number of pyridine rings is 1. The molecule has 7 heteroatoms. The lowest BCUT2D eigenvalue weighted by atomic mass is 9.66. The maximum absolute atomic E-state index is 11.7. The summed E-state index contributed by atoms with van der Waals surface area (Å²) in [4.78, 5) is 18.6. The number of fused-ring (bicyclic) bond motifs is 2. The van der Waals surface area contributed by atoms with Gasteiger partial charge in [0.15, 0.2) is 0 Å². The number of carboxylic acids is 1. The van der Waals surface area contributed by atoms with Crippen molar-refractivity contribution in [3.63, 3.8) is 0 Å². The lowest BCUT2D eigenvalue weighted by Crippen LogP contribution is -2.55. The Morgan fingerprint density at radius 1 is 1.16 bits per heavy atom. The molecule has 0 bridgehead atoms. The Morgan fingerprint density at radius 2 is 1.95 bits per heavy atom. The molecule has 0 saturated carbocycles. The van der Waals surface area contributed by atoms with Gasteiger partial charge in [0.2, 0.25) is 0 Å². The summed E-state index contributed by atoms with van der Waals surface area (Å²) in [5.74, 6) is -0.317. The second kappa shape index (κ2) is 9.93. The highest BCUT2D eigenvalue weighted by molar-refractivity contribution is 6.30. The zero-order valence-corrected chi connectivity index (χ0v) is 21.8. The van der Waals surface area contributed by atoms with Gasteiger partial charge in [-0.15, -0.1) is 0 Å². The summed E-state index contributed by atoms with van der Waals surface area (Å²) in [6, 6.07) is 16.4. The SMILES string of the molecule is CC1(C)CN(CCC=C2c3cc(C(=O)O)ccc3OCc3ncccc32)CC[C@@]1(O)c1ccc(Cl)cc1. The van der Waals surface area contributed by atoms with Gasteiger partial charge in [0, 0.05) is 47.4 Å². The van der Waals surface area contributed by atoms with Crippen molar-refractivity contribution in [2.45, 2.75) is 38.9 Å². The number of aliphatic hydroxyl groups is 1. The Hall–Kier alpha value is -3.19. The Kier molecular flexibility index (Phi) is 6.84. The molecule has 0 aliphatic carbocycles. The number of benzene rings is 2. The maximum atomic E-state index is 11.7. The fraction of sp³-hybridized carbons (Fsp3) is 0.333. The van der Waals surface area contributed by atoms with Gasteiger partial charge in [0.05, 0.1) is 16.9 Å². The molecule has 0 unspecified atom stereocenters. The van der Waals surface area contributed by atoms with Crippen molar-refractivity contribution in [2.24, 2.45) is 5.41 Å². The summed E-state index contributed by atoms with van der Waals surface area (Å²) in [5.41, 5.74) is 3.32. The molecule has 1 aromatic heterocycles. The molecule has 37 heavy (non-hydrogen) atoms. The molecule has 2 aromatic carbocycles. The first kappa shape index (κ1) is 25.5. The maximum Gasteiger partial charge on any atom is 0.335 e. The van der Waals surface area contributed by atoms with Crippen molar-refractivity contribution < 1.29 is 19.7 Å². The van der Waals surface area contributed by atoms with Crippen molar-refractivity contribution >= 4 is 23.1 Å². The third-order valence-electron chi connectivity index (χ3n) is 7.71. The minimum atomic E-state index is -0.971. The van der Waals surface area contributed by atoms with E-state index in [0.717, 1.165) is 54.0 Å². The van der Waals surface area contributed by atoms with E-state index in [1.54, 1.807) is 24.4 Å². The van der Waals surface area contributed by atoms with Crippen LogP contribution in [0.4, 0.5) is 0 Å². The number of aromatic carboxylic acids is 1. The number of halogens is 1. The highest BCUT2D eigenvalue weighted by Gasteiger charge is 2.48. The molecule has 0 radical (unpaired) electrons. The Morgan fingerprint density at radius 3 is 2.68 bits per heavy atom. The van der Waals surface area contributed by atoms with Gasteiger partial charge in [-0.05, 0) is 60.4 Å². The predicted molar refractivity (Wildman–Crippen MR) is 144 cm³/mol. The second-order valence-corrected chi connectivity index (χ2v) is 10.9. The van der Waals surface area contributed by atoms with Gasteiger partial charge in [-0.1, -0.05) is 49.7 Å². The molecule has 6 nitrogen and oxygen atoms in total. The number of hydrogen-bond acceptors (Lipinski definition) is 5. The summed E-state index contributed by atoms with van der Waals surface area (Å²) < 4.78 is 5.99. The third-order valence-corrected chi connectivity index (χ3v) is 7.96. The average Bonchev–Trinajstić information content (AvgIpc) is 3.03. The van der Waals surface area contributed by atoms with Crippen LogP contribution in [0.1, 0.15) is 59.4 Å². The minimum Gasteiger partial charge on any atom is -0.487 e. The quantitative estimate of drug-likeness (QED) is 0.446. The fourth-order valence-corrected chi connectivity index (χ4v) is 5.70. The average molecular weight is 519 g/mol. The molecule has 2 aliphatic rings. The molecule has 2 aliphatic heterocycles. The van der Waals surface area contributed by atoms with E-state index in [1.165, 1.54) is 0 Å². The highest BCUT2D eigenvalue weighted by Crippen LogP contribution is 2.46. The molecule has 3 heterocycles. The molecule has 5 rings (SSSR count). The van der Waals surface area contributed by atoms with Crippen LogP contribution < -0.4 is 4.74 Å². The molecule has 0 spiro atoms. The molecule has 1 atom stereocenters. The second-order valence-electron chi connectivity index (χ2n) is 10.5. The predicted octanol–water partition coefficient (Wildman–Crippen LogP) is 5.77. The lowest BCUT2D eigenvalue weighted by molar-refractivity contribution is -0.125. The van der Waals surface area contributed by atoms with Crippen LogP contribution in [0, 0.1) is 5.41 Å². The van der Waals surface area contributed by atoms with Crippen LogP contribution in [0.15, 0.2) is 66.9 Å². The molecular weight excluding hydrogens is 488 g/mol. The van der Waals surface area contributed by atoms with Gasteiger partial charge in [-0.3, -0.25) is 4.98 Å². The van der Waals surface area contributed by atoms with E-state index < -0.39 is 11.6 Å². The first-order valence-corrected chi connectivity index (χ1v) is 12.9. The van der Waals surface area contributed by atoms with Crippen molar-refractivity contribution in [3.05, 3.63) is 99.8 Å². The number of likely N-dealkylation sites (tertiary alicyclic amines) is 1.